The van der Waals surface area contributed by atoms with E-state index >= 15 is 0 Å². The van der Waals surface area contributed by atoms with Gasteiger partial charge in [0.1, 0.15) is 0 Å². The molecular formula is C9H17ClNO. The van der Waals surface area contributed by atoms with Crippen molar-refractivity contribution < 1.29 is 5.11 Å². The number of aliphatic hydroxyl groups excluding tert-OH is 1. The van der Waals surface area contributed by atoms with Gasteiger partial charge in [-0.3, -0.25) is 5.32 Å². The third-order valence-corrected chi connectivity index (χ3v) is 1.87. The maximum absolute atomic E-state index is 8.66. The Morgan fingerprint density at radius 1 is 1.75 bits per heavy atom. The summed E-state index contributed by atoms with van der Waals surface area (Å²) in [5.74, 6) is 0. The highest BCUT2D eigenvalue weighted by atomic mass is 35.5. The summed E-state index contributed by atoms with van der Waals surface area (Å²) in [7, 11) is 0. The molecule has 0 bridgehead atoms. The van der Waals surface area contributed by atoms with Crippen LogP contribution in [0.5, 0.6) is 0 Å². The normalized spacial score (nSPS) is 14.8. The molecule has 0 heterocycles. The fourth-order valence-electron chi connectivity index (χ4n) is 0.707. The Kier molecular flexibility index (Phi) is 7.56. The monoisotopic (exact) mass is 190 g/mol. The second-order valence-corrected chi connectivity index (χ2v) is 3.25. The molecule has 1 atom stereocenters. The van der Waals surface area contributed by atoms with Crippen LogP contribution in [0.3, 0.4) is 0 Å². The summed E-state index contributed by atoms with van der Waals surface area (Å²) in [5, 5.41) is 11.8. The van der Waals surface area contributed by atoms with Crippen molar-refractivity contribution in [1.29, 1.82) is 0 Å². The molecule has 1 radical (unpaired) electrons. The van der Waals surface area contributed by atoms with Crippen molar-refractivity contribution in [3.63, 3.8) is 0 Å². The van der Waals surface area contributed by atoms with Crippen molar-refractivity contribution in [1.82, 2.24) is 5.32 Å². The van der Waals surface area contributed by atoms with Gasteiger partial charge in [-0.05, 0) is 13.3 Å². The predicted octanol–water partition coefficient (Wildman–Crippen LogP) is 1.69. The average molecular weight is 191 g/mol. The van der Waals surface area contributed by atoms with E-state index in [0.717, 1.165) is 18.4 Å². The van der Waals surface area contributed by atoms with Crippen molar-refractivity contribution in [3.05, 3.63) is 18.6 Å². The van der Waals surface area contributed by atoms with E-state index in [0.29, 0.717) is 6.54 Å². The van der Waals surface area contributed by atoms with Crippen LogP contribution in [-0.4, -0.2) is 23.8 Å². The summed E-state index contributed by atoms with van der Waals surface area (Å²) < 4.78 is 0. The fourth-order valence-corrected chi connectivity index (χ4v) is 0.950. The molecule has 0 aromatic rings. The Morgan fingerprint density at radius 2 is 2.42 bits per heavy atom. The first kappa shape index (κ1) is 11.9. The Balaban J connectivity index is 3.41. The molecule has 0 aromatic carbocycles. The molecule has 71 valence electrons. The second kappa shape index (κ2) is 7.59. The van der Waals surface area contributed by atoms with E-state index in [1.165, 1.54) is 0 Å². The number of nitrogens with one attached hydrogen (secondary N) is 1. The Labute approximate surface area is 79.6 Å². The van der Waals surface area contributed by atoms with Crippen LogP contribution >= 0.6 is 11.6 Å². The van der Waals surface area contributed by atoms with E-state index < -0.39 is 0 Å². The summed E-state index contributed by atoms with van der Waals surface area (Å²) in [6, 6.07) is 0. The second-order valence-electron chi connectivity index (χ2n) is 2.73. The van der Waals surface area contributed by atoms with Crippen LogP contribution in [0.2, 0.25) is 0 Å². The van der Waals surface area contributed by atoms with E-state index in [-0.39, 0.29) is 12.1 Å². The topological polar surface area (TPSA) is 32.3 Å². The molecule has 0 aromatic heterocycles. The number of aliphatic hydroxyl groups is 1. The molecule has 0 spiro atoms. The highest BCUT2D eigenvalue weighted by molar-refractivity contribution is 6.20. The van der Waals surface area contributed by atoms with Gasteiger partial charge in [-0.1, -0.05) is 25.0 Å². The number of hydrogen-bond acceptors (Lipinski definition) is 2. The third-order valence-electron chi connectivity index (χ3n) is 1.50. The van der Waals surface area contributed by atoms with Gasteiger partial charge in [-0.2, -0.15) is 0 Å². The Bertz CT molecular complexity index is 136. The average Bonchev–Trinajstić information content (AvgIpc) is 2.04. The van der Waals surface area contributed by atoms with Gasteiger partial charge in [0.2, 0.25) is 0 Å². The molecule has 0 aliphatic rings. The van der Waals surface area contributed by atoms with E-state index in [9.17, 15) is 0 Å². The minimum Gasteiger partial charge on any atom is -0.392 e. The maximum atomic E-state index is 8.66. The van der Waals surface area contributed by atoms with Gasteiger partial charge in [-0.25, -0.2) is 0 Å². The van der Waals surface area contributed by atoms with Gasteiger partial charge >= 0.3 is 0 Å². The highest BCUT2D eigenvalue weighted by Crippen LogP contribution is 2.00. The van der Waals surface area contributed by atoms with Gasteiger partial charge in [0, 0.05) is 6.54 Å². The molecule has 0 fully saturated rings. The van der Waals surface area contributed by atoms with Crippen LogP contribution in [0.15, 0.2) is 11.6 Å². The summed E-state index contributed by atoms with van der Waals surface area (Å²) in [6.07, 6.45) is 3.63. The minimum atomic E-state index is -0.00903. The van der Waals surface area contributed by atoms with E-state index in [1.807, 2.05) is 13.0 Å². The smallest absolute Gasteiger partial charge is 0.0827 e. The molecule has 2 N–H and O–H groups in total. The zero-order valence-electron chi connectivity index (χ0n) is 7.52. The zero-order chi connectivity index (χ0) is 9.40. The third kappa shape index (κ3) is 6.65. The van der Waals surface area contributed by atoms with Crippen LogP contribution in [0.4, 0.5) is 0 Å². The Hall–Kier alpha value is -0.0500. The van der Waals surface area contributed by atoms with Crippen molar-refractivity contribution in [2.45, 2.75) is 25.3 Å². The van der Waals surface area contributed by atoms with Crippen molar-refractivity contribution in [3.8, 4) is 0 Å². The van der Waals surface area contributed by atoms with Gasteiger partial charge in [0.15, 0.2) is 0 Å². The van der Waals surface area contributed by atoms with Crippen LogP contribution in [-0.2, 0) is 0 Å². The van der Waals surface area contributed by atoms with Gasteiger partial charge in [0.05, 0.1) is 12.1 Å². The quantitative estimate of drug-likeness (QED) is 0.380. The molecule has 0 rings (SSSR count). The molecule has 12 heavy (non-hydrogen) atoms. The van der Waals surface area contributed by atoms with E-state index in [2.05, 4.69) is 12.2 Å². The lowest BCUT2D eigenvalue weighted by molar-refractivity contribution is 0.331. The molecule has 0 saturated heterocycles. The minimum absolute atomic E-state index is 0.00903. The zero-order valence-corrected chi connectivity index (χ0v) is 8.27. The molecule has 0 saturated carbocycles. The summed E-state index contributed by atoms with van der Waals surface area (Å²) >= 11 is 5.86. The van der Waals surface area contributed by atoms with Crippen LogP contribution in [0.1, 0.15) is 19.8 Å². The lowest BCUT2D eigenvalue weighted by atomic mass is 10.3. The van der Waals surface area contributed by atoms with Crippen molar-refractivity contribution in [2.75, 3.05) is 13.2 Å². The van der Waals surface area contributed by atoms with Gasteiger partial charge < -0.3 is 5.11 Å². The number of hydrogen-bond donors (Lipinski definition) is 2. The molecule has 1 unspecified atom stereocenters. The first-order chi connectivity index (χ1) is 5.70. The lowest BCUT2D eigenvalue weighted by Crippen LogP contribution is -2.23. The summed E-state index contributed by atoms with van der Waals surface area (Å²) in [4.78, 5) is 0. The predicted molar refractivity (Wildman–Crippen MR) is 53.1 cm³/mol. The first-order valence-corrected chi connectivity index (χ1v) is 4.57. The van der Waals surface area contributed by atoms with Crippen LogP contribution < -0.4 is 5.32 Å². The van der Waals surface area contributed by atoms with Crippen LogP contribution in [0, 0.1) is 6.92 Å². The van der Waals surface area contributed by atoms with E-state index in [1.54, 1.807) is 0 Å². The summed E-state index contributed by atoms with van der Waals surface area (Å²) in [6.45, 7) is 6.41. The molecular weight excluding hydrogens is 174 g/mol. The highest BCUT2D eigenvalue weighted by Gasteiger charge is 1.98. The Morgan fingerprint density at radius 3 is 2.92 bits per heavy atom. The molecule has 0 aliphatic carbocycles. The number of alkyl halides is 1. The first-order valence-electron chi connectivity index (χ1n) is 4.14. The number of halogens is 1. The lowest BCUT2D eigenvalue weighted by Gasteiger charge is -2.08. The van der Waals surface area contributed by atoms with Gasteiger partial charge in [0.25, 0.3) is 0 Å². The van der Waals surface area contributed by atoms with Crippen molar-refractivity contribution >= 4 is 11.6 Å². The van der Waals surface area contributed by atoms with E-state index in [4.69, 9.17) is 16.7 Å². The largest absolute Gasteiger partial charge is 0.392 e. The van der Waals surface area contributed by atoms with Crippen molar-refractivity contribution in [2.24, 2.45) is 0 Å². The molecule has 0 amide bonds. The number of rotatable bonds is 6. The fraction of sp³-hybridized carbons (Fsp3) is 0.667. The SMILES string of the molecule is [CH2]CCC(Cl)NC/C=C(\C)CO. The molecule has 3 heteroatoms. The standard InChI is InChI=1S/C9H17ClNO/c1-3-4-9(10)11-6-5-8(2)7-12/h5,9,11-12H,1,3-4,6-7H2,2H3/b8-5+. The molecule has 0 aliphatic heterocycles. The van der Waals surface area contributed by atoms with Crippen LogP contribution in [0.25, 0.3) is 0 Å². The molecule has 2 nitrogen and oxygen atoms in total. The maximum Gasteiger partial charge on any atom is 0.0827 e. The van der Waals surface area contributed by atoms with Gasteiger partial charge in [-0.15, -0.1) is 11.6 Å². The summed E-state index contributed by atoms with van der Waals surface area (Å²) in [5.41, 5.74) is 0.950.